The van der Waals surface area contributed by atoms with E-state index in [-0.39, 0.29) is 11.8 Å². The number of rotatable bonds is 9. The summed E-state index contributed by atoms with van der Waals surface area (Å²) < 4.78 is 0. The van der Waals surface area contributed by atoms with Crippen LogP contribution in [-0.2, 0) is 4.79 Å². The van der Waals surface area contributed by atoms with E-state index in [1.807, 2.05) is 18.2 Å². The number of hydrogen-bond donors (Lipinski definition) is 1. The fraction of sp³-hybridized carbons (Fsp3) is 0.519. The normalized spacial score (nSPS) is 18.3. The highest BCUT2D eigenvalue weighted by Gasteiger charge is 2.32. The molecule has 1 fully saturated rings. The van der Waals surface area contributed by atoms with Gasteiger partial charge in [-0.1, -0.05) is 38.8 Å². The molecule has 1 aromatic heterocycles. The lowest BCUT2D eigenvalue weighted by Gasteiger charge is -2.36. The first-order chi connectivity index (χ1) is 16.6. The Hall–Kier alpha value is -2.77. The number of benzene rings is 1. The van der Waals surface area contributed by atoms with Gasteiger partial charge in [-0.3, -0.25) is 19.4 Å². The number of likely N-dealkylation sites (tertiary alicyclic amines) is 1. The van der Waals surface area contributed by atoms with Gasteiger partial charge in [0, 0.05) is 12.2 Å². The van der Waals surface area contributed by atoms with Crippen LogP contribution in [0.2, 0.25) is 0 Å². The molecule has 1 saturated heterocycles. The topological polar surface area (TPSA) is 68.8 Å². The predicted octanol–water partition coefficient (Wildman–Crippen LogP) is 4.68. The second-order valence-electron chi connectivity index (χ2n) is 9.22. The summed E-state index contributed by atoms with van der Waals surface area (Å²) >= 11 is 0. The Morgan fingerprint density at radius 1 is 1.12 bits per heavy atom. The Kier molecular flexibility index (Phi) is 8.29. The molecule has 2 aliphatic rings. The van der Waals surface area contributed by atoms with Gasteiger partial charge in [-0.25, -0.2) is 4.98 Å². The maximum Gasteiger partial charge on any atom is 0.257 e. The van der Waals surface area contributed by atoms with Crippen LogP contribution in [0, 0.1) is 0 Å². The van der Waals surface area contributed by atoms with Crippen LogP contribution in [0.25, 0.3) is 0 Å². The second-order valence-corrected chi connectivity index (χ2v) is 9.22. The van der Waals surface area contributed by atoms with Gasteiger partial charge < -0.3 is 10.2 Å². The lowest BCUT2D eigenvalue weighted by molar-refractivity contribution is -0.120. The molecule has 0 bridgehead atoms. The SMILES string of the molecule is CCN(CC)CCCCC1CCCCN1CC(=O)N1c2ccccc2C(=O)Nc2cccnc21. The molecule has 1 N–H and O–H groups in total. The van der Waals surface area contributed by atoms with Crippen LogP contribution in [0.3, 0.4) is 0 Å². The molecule has 7 nitrogen and oxygen atoms in total. The Morgan fingerprint density at radius 3 is 2.76 bits per heavy atom. The molecule has 0 spiro atoms. The van der Waals surface area contributed by atoms with Crippen molar-refractivity contribution in [2.45, 2.75) is 58.4 Å². The number of fused-ring (bicyclic) bond motifs is 2. The Bertz CT molecular complexity index is 990. The maximum absolute atomic E-state index is 13.8. The quantitative estimate of drug-likeness (QED) is 0.547. The summed E-state index contributed by atoms with van der Waals surface area (Å²) in [5.41, 5.74) is 1.64. The Morgan fingerprint density at radius 2 is 1.94 bits per heavy atom. The molecular weight excluding hydrogens is 426 g/mol. The zero-order chi connectivity index (χ0) is 23.9. The third kappa shape index (κ3) is 5.47. The predicted molar refractivity (Wildman–Crippen MR) is 137 cm³/mol. The van der Waals surface area contributed by atoms with E-state index in [2.05, 4.69) is 33.9 Å². The minimum absolute atomic E-state index is 0.0426. The number of carbonyl (C=O) groups excluding carboxylic acids is 2. The smallest absolute Gasteiger partial charge is 0.257 e. The summed E-state index contributed by atoms with van der Waals surface area (Å²) in [6, 6.07) is 11.3. The van der Waals surface area contributed by atoms with Gasteiger partial charge >= 0.3 is 0 Å². The first-order valence-corrected chi connectivity index (χ1v) is 12.8. The summed E-state index contributed by atoms with van der Waals surface area (Å²) in [5.74, 6) is 0.224. The number of hydrogen-bond acceptors (Lipinski definition) is 5. The Balaban J connectivity index is 1.50. The number of unbranched alkanes of at least 4 members (excludes halogenated alkanes) is 1. The van der Waals surface area contributed by atoms with Gasteiger partial charge in [0.05, 0.1) is 23.5 Å². The fourth-order valence-corrected chi connectivity index (χ4v) is 5.18. The van der Waals surface area contributed by atoms with Crippen molar-refractivity contribution in [3.05, 3.63) is 48.2 Å². The highest BCUT2D eigenvalue weighted by Crippen LogP contribution is 2.36. The number of piperidine rings is 1. The van der Waals surface area contributed by atoms with Crippen LogP contribution < -0.4 is 10.2 Å². The number of para-hydroxylation sites is 1. The first-order valence-electron chi connectivity index (χ1n) is 12.8. The monoisotopic (exact) mass is 463 g/mol. The second kappa shape index (κ2) is 11.6. The van der Waals surface area contributed by atoms with Crippen LogP contribution in [0.15, 0.2) is 42.6 Å². The van der Waals surface area contributed by atoms with Crippen molar-refractivity contribution in [2.75, 3.05) is 42.9 Å². The van der Waals surface area contributed by atoms with E-state index in [0.29, 0.717) is 35.3 Å². The van der Waals surface area contributed by atoms with E-state index in [9.17, 15) is 9.59 Å². The third-order valence-electron chi connectivity index (χ3n) is 7.13. The van der Waals surface area contributed by atoms with Gasteiger partial charge in [0.25, 0.3) is 5.91 Å². The molecule has 2 amide bonds. The number of aromatic nitrogens is 1. The third-order valence-corrected chi connectivity index (χ3v) is 7.13. The van der Waals surface area contributed by atoms with Crippen LogP contribution >= 0.6 is 0 Å². The molecule has 3 heterocycles. The van der Waals surface area contributed by atoms with Gasteiger partial charge in [0.15, 0.2) is 5.82 Å². The van der Waals surface area contributed by atoms with E-state index in [0.717, 1.165) is 45.4 Å². The summed E-state index contributed by atoms with van der Waals surface area (Å²) in [5, 5.41) is 2.92. The molecule has 1 atom stereocenters. The fourth-order valence-electron chi connectivity index (χ4n) is 5.18. The van der Waals surface area contributed by atoms with Gasteiger partial charge in [-0.15, -0.1) is 0 Å². The average Bonchev–Trinajstić information content (AvgIpc) is 2.99. The number of amides is 2. The number of nitrogens with zero attached hydrogens (tertiary/aromatic N) is 4. The lowest BCUT2D eigenvalue weighted by Crippen LogP contribution is -2.46. The zero-order valence-electron chi connectivity index (χ0n) is 20.5. The summed E-state index contributed by atoms with van der Waals surface area (Å²) in [6.45, 7) is 9.06. The summed E-state index contributed by atoms with van der Waals surface area (Å²) in [6.07, 6.45) is 8.66. The molecule has 182 valence electrons. The molecule has 0 saturated carbocycles. The molecule has 1 unspecified atom stereocenters. The number of anilines is 3. The highest BCUT2D eigenvalue weighted by atomic mass is 16.2. The number of carbonyl (C=O) groups is 2. The molecule has 0 aliphatic carbocycles. The number of nitrogens with one attached hydrogen (secondary N) is 1. The van der Waals surface area contributed by atoms with E-state index in [1.165, 1.54) is 19.3 Å². The van der Waals surface area contributed by atoms with Crippen molar-refractivity contribution in [2.24, 2.45) is 0 Å². The van der Waals surface area contributed by atoms with E-state index in [4.69, 9.17) is 0 Å². The van der Waals surface area contributed by atoms with Crippen LogP contribution in [0.4, 0.5) is 17.2 Å². The van der Waals surface area contributed by atoms with E-state index < -0.39 is 0 Å². The average molecular weight is 464 g/mol. The van der Waals surface area contributed by atoms with E-state index in [1.54, 1.807) is 29.3 Å². The van der Waals surface area contributed by atoms with Crippen LogP contribution in [0.5, 0.6) is 0 Å². The van der Waals surface area contributed by atoms with Gasteiger partial charge in [0.1, 0.15) is 0 Å². The minimum Gasteiger partial charge on any atom is -0.319 e. The van der Waals surface area contributed by atoms with Crippen molar-refractivity contribution in [1.29, 1.82) is 0 Å². The van der Waals surface area contributed by atoms with Crippen LogP contribution in [-0.4, -0.2) is 65.4 Å². The lowest BCUT2D eigenvalue weighted by atomic mass is 9.97. The molecule has 0 radical (unpaired) electrons. The molecular formula is C27H37N5O2. The molecule has 34 heavy (non-hydrogen) atoms. The maximum atomic E-state index is 13.8. The summed E-state index contributed by atoms with van der Waals surface area (Å²) in [7, 11) is 0. The standard InChI is InChI=1S/C27H37N5O2/c1-3-30(4-2)18-9-7-12-21-13-8-10-19-31(21)20-25(33)32-24-16-6-5-14-22(24)27(34)29-23-15-11-17-28-26(23)32/h5-6,11,14-17,21H,3-4,7-10,12-13,18-20H2,1-2H3,(H,29,34). The Labute approximate surface area is 203 Å². The largest absolute Gasteiger partial charge is 0.319 e. The van der Waals surface area contributed by atoms with Crippen molar-refractivity contribution in [3.8, 4) is 0 Å². The van der Waals surface area contributed by atoms with Crippen LogP contribution in [0.1, 0.15) is 62.7 Å². The summed E-state index contributed by atoms with van der Waals surface area (Å²) in [4.78, 5) is 37.6. The first kappa shape index (κ1) is 24.4. The molecule has 1 aromatic carbocycles. The van der Waals surface area contributed by atoms with Gasteiger partial charge in [-0.05, 0) is 76.1 Å². The van der Waals surface area contributed by atoms with Crippen molar-refractivity contribution in [3.63, 3.8) is 0 Å². The molecule has 7 heteroatoms. The van der Waals surface area contributed by atoms with Gasteiger partial charge in [0.2, 0.25) is 5.91 Å². The molecule has 4 rings (SSSR count). The highest BCUT2D eigenvalue weighted by molar-refractivity contribution is 6.17. The van der Waals surface area contributed by atoms with Crippen molar-refractivity contribution >= 4 is 29.0 Å². The number of pyridine rings is 1. The van der Waals surface area contributed by atoms with E-state index >= 15 is 0 Å². The van der Waals surface area contributed by atoms with Gasteiger partial charge in [-0.2, -0.15) is 0 Å². The zero-order valence-corrected chi connectivity index (χ0v) is 20.5. The molecule has 2 aliphatic heterocycles. The van der Waals surface area contributed by atoms with Crippen molar-refractivity contribution in [1.82, 2.24) is 14.8 Å². The molecule has 2 aromatic rings. The van der Waals surface area contributed by atoms with Crippen molar-refractivity contribution < 1.29 is 9.59 Å². The minimum atomic E-state index is -0.218.